The molecule has 0 bridgehead atoms. The molecule has 156 valence electrons. The molecule has 0 saturated heterocycles. The van der Waals surface area contributed by atoms with Crippen molar-refractivity contribution in [1.82, 2.24) is 9.55 Å². The first-order valence-electron chi connectivity index (χ1n) is 10.9. The van der Waals surface area contributed by atoms with Gasteiger partial charge >= 0.3 is 0 Å². The van der Waals surface area contributed by atoms with Crippen LogP contribution in [0.4, 0.5) is 5.69 Å². The molecule has 0 unspecified atom stereocenters. The molecule has 0 atom stereocenters. The van der Waals surface area contributed by atoms with E-state index in [0.29, 0.717) is 5.69 Å². The number of aromatic nitrogens is 2. The van der Waals surface area contributed by atoms with E-state index in [-0.39, 0.29) is 11.8 Å². The molecular weight excluding hydrogens is 378 g/mol. The second-order valence-corrected chi connectivity index (χ2v) is 8.96. The second-order valence-electron chi connectivity index (χ2n) is 8.96. The fraction of sp³-hybridized carbons (Fsp3) is 0.286. The quantitative estimate of drug-likeness (QED) is 0.313. The van der Waals surface area contributed by atoms with Gasteiger partial charge in [-0.3, -0.25) is 4.57 Å². The summed E-state index contributed by atoms with van der Waals surface area (Å²) in [6.07, 6.45) is 0. The average Bonchev–Trinajstić information content (AvgIpc) is 3.11. The Morgan fingerprint density at radius 1 is 0.839 bits per heavy atom. The van der Waals surface area contributed by atoms with Crippen LogP contribution in [0.1, 0.15) is 61.8 Å². The van der Waals surface area contributed by atoms with Gasteiger partial charge in [0.1, 0.15) is 5.82 Å². The number of imidazole rings is 1. The van der Waals surface area contributed by atoms with Crippen LogP contribution in [0.25, 0.3) is 33.0 Å². The summed E-state index contributed by atoms with van der Waals surface area (Å²) in [5, 5.41) is 0. The molecule has 1 heterocycles. The Morgan fingerprint density at radius 3 is 1.97 bits per heavy atom. The zero-order valence-electron chi connectivity index (χ0n) is 19.2. The number of nitrogens with zero attached hydrogens (tertiary/aromatic N) is 3. The minimum atomic E-state index is 0.279. The van der Waals surface area contributed by atoms with E-state index in [9.17, 15) is 0 Å². The Hall–Kier alpha value is -3.38. The normalized spacial score (nSPS) is 11.5. The second kappa shape index (κ2) is 8.04. The molecular formula is C28H29N3. The zero-order chi connectivity index (χ0) is 22.3. The van der Waals surface area contributed by atoms with Gasteiger partial charge < -0.3 is 0 Å². The van der Waals surface area contributed by atoms with Gasteiger partial charge in [0.2, 0.25) is 0 Å². The van der Waals surface area contributed by atoms with Crippen LogP contribution in [-0.4, -0.2) is 9.55 Å². The average molecular weight is 408 g/mol. The van der Waals surface area contributed by atoms with E-state index in [0.717, 1.165) is 22.4 Å². The van der Waals surface area contributed by atoms with Crippen LogP contribution in [0.2, 0.25) is 0 Å². The zero-order valence-corrected chi connectivity index (χ0v) is 19.2. The summed E-state index contributed by atoms with van der Waals surface area (Å²) in [4.78, 5) is 8.88. The summed E-state index contributed by atoms with van der Waals surface area (Å²) in [5.41, 5.74) is 9.95. The summed E-state index contributed by atoms with van der Waals surface area (Å²) in [6, 6.07) is 18.9. The SMILES string of the molecule is [C-]#[N+]c1cc(C(C)C)c(-n2c(-c3ccccc3)nc3cc(C)c(C)cc32)c(C(C)C)c1. The van der Waals surface area contributed by atoms with Gasteiger partial charge in [-0.25, -0.2) is 9.83 Å². The Kier molecular flexibility index (Phi) is 5.41. The fourth-order valence-corrected chi connectivity index (χ4v) is 4.21. The van der Waals surface area contributed by atoms with Crippen LogP contribution in [0.5, 0.6) is 0 Å². The predicted molar refractivity (Wildman–Crippen MR) is 130 cm³/mol. The van der Waals surface area contributed by atoms with Crippen LogP contribution in [-0.2, 0) is 0 Å². The number of rotatable bonds is 4. The lowest BCUT2D eigenvalue weighted by Gasteiger charge is -2.23. The molecule has 0 spiro atoms. The van der Waals surface area contributed by atoms with Crippen LogP contribution in [0, 0.1) is 20.4 Å². The molecule has 31 heavy (non-hydrogen) atoms. The van der Waals surface area contributed by atoms with Crippen LogP contribution in [0.3, 0.4) is 0 Å². The Bertz CT molecular complexity index is 1270. The highest BCUT2D eigenvalue weighted by atomic mass is 15.1. The highest BCUT2D eigenvalue weighted by Crippen LogP contribution is 2.40. The lowest BCUT2D eigenvalue weighted by Crippen LogP contribution is -2.08. The van der Waals surface area contributed by atoms with Crippen molar-refractivity contribution >= 4 is 16.7 Å². The first-order chi connectivity index (χ1) is 14.8. The topological polar surface area (TPSA) is 22.2 Å². The number of benzene rings is 3. The maximum atomic E-state index is 7.63. The van der Waals surface area contributed by atoms with E-state index in [1.165, 1.54) is 27.9 Å². The Labute approximate surface area is 185 Å². The van der Waals surface area contributed by atoms with Crippen molar-refractivity contribution in [1.29, 1.82) is 0 Å². The van der Waals surface area contributed by atoms with Gasteiger partial charge in [0, 0.05) is 5.56 Å². The molecule has 1 aromatic heterocycles. The van der Waals surface area contributed by atoms with E-state index in [4.69, 9.17) is 11.6 Å². The largest absolute Gasteiger partial charge is 0.292 e. The van der Waals surface area contributed by atoms with Crippen molar-refractivity contribution in [2.75, 3.05) is 0 Å². The monoisotopic (exact) mass is 407 g/mol. The highest BCUT2D eigenvalue weighted by molar-refractivity contribution is 5.86. The fourth-order valence-electron chi connectivity index (χ4n) is 4.21. The van der Waals surface area contributed by atoms with Crippen molar-refractivity contribution < 1.29 is 0 Å². The van der Waals surface area contributed by atoms with E-state index in [1.807, 2.05) is 6.07 Å². The maximum Gasteiger partial charge on any atom is 0.187 e. The van der Waals surface area contributed by atoms with Gasteiger partial charge in [-0.05, 0) is 60.1 Å². The van der Waals surface area contributed by atoms with Gasteiger partial charge in [-0.2, -0.15) is 0 Å². The molecule has 0 aliphatic heterocycles. The number of hydrogen-bond acceptors (Lipinski definition) is 1. The molecule has 0 amide bonds. The molecule has 0 N–H and O–H groups in total. The standard InChI is InChI=1S/C28H29N3/c1-17(2)23-15-22(29-7)16-24(18(3)4)27(23)31-26-14-20(6)19(5)13-25(26)30-28(31)21-11-9-8-10-12-21/h8-18H,1-6H3. The Morgan fingerprint density at radius 2 is 1.42 bits per heavy atom. The summed E-state index contributed by atoms with van der Waals surface area (Å²) in [5.74, 6) is 1.50. The van der Waals surface area contributed by atoms with E-state index in [1.54, 1.807) is 0 Å². The number of aryl methyl sites for hydroxylation is 2. The molecule has 0 aliphatic rings. The van der Waals surface area contributed by atoms with Crippen molar-refractivity contribution in [3.8, 4) is 17.1 Å². The number of hydrogen-bond donors (Lipinski definition) is 0. The van der Waals surface area contributed by atoms with Gasteiger partial charge in [-0.1, -0.05) is 70.2 Å². The smallest absolute Gasteiger partial charge is 0.187 e. The van der Waals surface area contributed by atoms with Gasteiger partial charge in [0.05, 0.1) is 23.3 Å². The molecule has 0 radical (unpaired) electrons. The molecule has 3 heteroatoms. The summed E-state index contributed by atoms with van der Waals surface area (Å²) < 4.78 is 2.33. The van der Waals surface area contributed by atoms with Crippen LogP contribution < -0.4 is 0 Å². The molecule has 4 rings (SSSR count). The maximum absolute atomic E-state index is 7.63. The molecule has 3 aromatic carbocycles. The third kappa shape index (κ3) is 3.64. The summed E-state index contributed by atoms with van der Waals surface area (Å²) in [6.45, 7) is 20.7. The third-order valence-corrected chi connectivity index (χ3v) is 6.05. The molecule has 0 saturated carbocycles. The van der Waals surface area contributed by atoms with E-state index < -0.39 is 0 Å². The van der Waals surface area contributed by atoms with Crippen molar-refractivity contribution in [2.24, 2.45) is 0 Å². The van der Waals surface area contributed by atoms with Gasteiger partial charge in [-0.15, -0.1) is 0 Å². The third-order valence-electron chi connectivity index (χ3n) is 6.05. The number of fused-ring (bicyclic) bond motifs is 1. The highest BCUT2D eigenvalue weighted by Gasteiger charge is 2.23. The van der Waals surface area contributed by atoms with Gasteiger partial charge in [0.15, 0.2) is 5.69 Å². The van der Waals surface area contributed by atoms with Crippen molar-refractivity contribution in [2.45, 2.75) is 53.4 Å². The lowest BCUT2D eigenvalue weighted by molar-refractivity contribution is 0.812. The first-order valence-corrected chi connectivity index (χ1v) is 10.9. The molecule has 0 fully saturated rings. The van der Waals surface area contributed by atoms with E-state index in [2.05, 4.69) is 99.5 Å². The predicted octanol–water partition coefficient (Wildman–Crippen LogP) is 8.11. The summed E-state index contributed by atoms with van der Waals surface area (Å²) in [7, 11) is 0. The van der Waals surface area contributed by atoms with E-state index >= 15 is 0 Å². The summed E-state index contributed by atoms with van der Waals surface area (Å²) >= 11 is 0. The minimum Gasteiger partial charge on any atom is -0.292 e. The minimum absolute atomic E-state index is 0.279. The van der Waals surface area contributed by atoms with Crippen molar-refractivity contribution in [3.63, 3.8) is 0 Å². The van der Waals surface area contributed by atoms with Gasteiger partial charge in [0.25, 0.3) is 0 Å². The first kappa shape index (κ1) is 20.9. The van der Waals surface area contributed by atoms with Crippen molar-refractivity contribution in [3.05, 3.63) is 88.3 Å². The lowest BCUT2D eigenvalue weighted by atomic mass is 9.91. The van der Waals surface area contributed by atoms with Crippen LogP contribution in [0.15, 0.2) is 54.6 Å². The van der Waals surface area contributed by atoms with Crippen LogP contribution >= 0.6 is 0 Å². The molecule has 4 aromatic rings. The Balaban J connectivity index is 2.21. The molecule has 3 nitrogen and oxygen atoms in total. The molecule has 0 aliphatic carbocycles.